The van der Waals surface area contributed by atoms with Gasteiger partial charge in [0.2, 0.25) is 0 Å². The molecule has 1 aromatic carbocycles. The zero-order chi connectivity index (χ0) is 23.0. The maximum absolute atomic E-state index is 13.0. The van der Waals surface area contributed by atoms with E-state index in [9.17, 15) is 18.3 Å². The highest BCUT2D eigenvalue weighted by molar-refractivity contribution is 7.91. The molecule has 168 valence electrons. The molecule has 7 nitrogen and oxygen atoms in total. The Balaban J connectivity index is 1.84. The number of rotatable bonds is 7. The Kier molecular flexibility index (Phi) is 6.55. The summed E-state index contributed by atoms with van der Waals surface area (Å²) in [6, 6.07) is 8.36. The van der Waals surface area contributed by atoms with Crippen LogP contribution in [0.15, 0.2) is 41.4 Å². The molecule has 31 heavy (non-hydrogen) atoms. The Morgan fingerprint density at radius 1 is 1.32 bits per heavy atom. The van der Waals surface area contributed by atoms with E-state index in [-0.39, 0.29) is 29.2 Å². The summed E-state index contributed by atoms with van der Waals surface area (Å²) in [7, 11) is -1.26. The van der Waals surface area contributed by atoms with Crippen LogP contribution in [-0.4, -0.2) is 48.7 Å². The molecular weight excluding hydrogens is 414 g/mol. The Hall–Kier alpha value is -2.29. The first-order valence-corrected chi connectivity index (χ1v) is 12.1. The fraction of sp³-hybridized carbons (Fsp3) is 0.478. The van der Waals surface area contributed by atoms with Crippen LogP contribution in [0.3, 0.4) is 0 Å². The van der Waals surface area contributed by atoms with E-state index in [0.717, 1.165) is 17.8 Å². The maximum atomic E-state index is 13.0. The summed E-state index contributed by atoms with van der Waals surface area (Å²) in [6.45, 7) is 8.00. The highest BCUT2D eigenvalue weighted by Crippen LogP contribution is 2.36. The van der Waals surface area contributed by atoms with Crippen molar-refractivity contribution >= 4 is 15.7 Å². The molecule has 2 heterocycles. The van der Waals surface area contributed by atoms with E-state index >= 15 is 0 Å². The number of benzene rings is 1. The van der Waals surface area contributed by atoms with Gasteiger partial charge in [-0.05, 0) is 49.2 Å². The summed E-state index contributed by atoms with van der Waals surface area (Å²) in [5.74, 6) is 0.0850. The SMILES string of the molecule is CCS(=O)(=O)c1ccc(C(C)(CO)NC(=O)c2cnc3c(c2)CN(C)C3C(C)C)cc1. The van der Waals surface area contributed by atoms with Crippen molar-refractivity contribution in [1.82, 2.24) is 15.2 Å². The van der Waals surface area contributed by atoms with Crippen LogP contribution in [-0.2, 0) is 21.9 Å². The zero-order valence-electron chi connectivity index (χ0n) is 18.7. The Bertz CT molecular complexity index is 1070. The number of aliphatic hydroxyl groups excluding tert-OH is 1. The van der Waals surface area contributed by atoms with Gasteiger partial charge in [-0.25, -0.2) is 8.42 Å². The normalized spacial score (nSPS) is 18.6. The van der Waals surface area contributed by atoms with Crippen molar-refractivity contribution in [3.8, 4) is 0 Å². The number of pyridine rings is 1. The summed E-state index contributed by atoms with van der Waals surface area (Å²) in [5.41, 5.74) is 2.02. The first-order valence-electron chi connectivity index (χ1n) is 10.5. The first kappa shape index (κ1) is 23.4. The Morgan fingerprint density at radius 3 is 2.52 bits per heavy atom. The van der Waals surface area contributed by atoms with E-state index < -0.39 is 15.4 Å². The van der Waals surface area contributed by atoms with Gasteiger partial charge < -0.3 is 10.4 Å². The fourth-order valence-corrected chi connectivity index (χ4v) is 5.05. The summed E-state index contributed by atoms with van der Waals surface area (Å²) in [6.07, 6.45) is 1.58. The van der Waals surface area contributed by atoms with Gasteiger partial charge in [0.25, 0.3) is 5.91 Å². The minimum atomic E-state index is -3.32. The van der Waals surface area contributed by atoms with Crippen molar-refractivity contribution in [2.45, 2.75) is 50.7 Å². The number of nitrogens with one attached hydrogen (secondary N) is 1. The van der Waals surface area contributed by atoms with E-state index in [1.54, 1.807) is 32.2 Å². The van der Waals surface area contributed by atoms with Crippen LogP contribution in [0, 0.1) is 5.92 Å². The van der Waals surface area contributed by atoms with E-state index in [1.807, 2.05) is 6.07 Å². The lowest BCUT2D eigenvalue weighted by atomic mass is 9.92. The third-order valence-electron chi connectivity index (χ3n) is 6.01. The van der Waals surface area contributed by atoms with Gasteiger partial charge in [-0.2, -0.15) is 0 Å². The average molecular weight is 446 g/mol. The molecule has 0 saturated carbocycles. The van der Waals surface area contributed by atoms with Crippen molar-refractivity contribution < 1.29 is 18.3 Å². The van der Waals surface area contributed by atoms with Crippen molar-refractivity contribution in [3.63, 3.8) is 0 Å². The zero-order valence-corrected chi connectivity index (χ0v) is 19.5. The molecule has 1 aromatic heterocycles. The molecule has 1 aliphatic rings. The number of carbonyl (C=O) groups excluding carboxylic acids is 1. The summed E-state index contributed by atoms with van der Waals surface area (Å²) < 4.78 is 24.1. The number of hydrogen-bond donors (Lipinski definition) is 2. The topological polar surface area (TPSA) is 99.6 Å². The van der Waals surface area contributed by atoms with Gasteiger partial charge in [0, 0.05) is 12.7 Å². The summed E-state index contributed by atoms with van der Waals surface area (Å²) in [5, 5.41) is 12.9. The molecule has 0 radical (unpaired) electrons. The number of nitrogens with zero attached hydrogens (tertiary/aromatic N) is 2. The maximum Gasteiger partial charge on any atom is 0.253 e. The third-order valence-corrected chi connectivity index (χ3v) is 7.76. The van der Waals surface area contributed by atoms with Crippen molar-refractivity contribution in [3.05, 3.63) is 58.9 Å². The molecule has 8 heteroatoms. The molecule has 0 bridgehead atoms. The minimum Gasteiger partial charge on any atom is -0.394 e. The van der Waals surface area contributed by atoms with Gasteiger partial charge in [0.1, 0.15) is 0 Å². The second-order valence-corrected chi connectivity index (χ2v) is 11.0. The fourth-order valence-electron chi connectivity index (χ4n) is 4.16. The first-order chi connectivity index (χ1) is 14.5. The lowest BCUT2D eigenvalue weighted by Gasteiger charge is -2.29. The number of carbonyl (C=O) groups is 1. The van der Waals surface area contributed by atoms with Crippen LogP contribution in [0.1, 0.15) is 60.9 Å². The standard InChI is InChI=1S/C23H31N3O4S/c1-6-31(29,30)19-9-7-18(8-10-19)23(4,14-27)25-22(28)16-11-17-13-26(5)21(15(2)3)20(17)24-12-16/h7-12,15,21,27H,6,13-14H2,1-5H3,(H,25,28). The number of hydrogen-bond acceptors (Lipinski definition) is 6. The second-order valence-electron chi connectivity index (χ2n) is 8.74. The van der Waals surface area contributed by atoms with Crippen LogP contribution in [0.2, 0.25) is 0 Å². The lowest BCUT2D eigenvalue weighted by Crippen LogP contribution is -2.46. The summed E-state index contributed by atoms with van der Waals surface area (Å²) in [4.78, 5) is 20.0. The highest BCUT2D eigenvalue weighted by atomic mass is 32.2. The van der Waals surface area contributed by atoms with Gasteiger partial charge in [0.15, 0.2) is 9.84 Å². The van der Waals surface area contributed by atoms with Gasteiger partial charge in [-0.15, -0.1) is 0 Å². The van der Waals surface area contributed by atoms with Gasteiger partial charge >= 0.3 is 0 Å². The minimum absolute atomic E-state index is 0.0124. The molecule has 2 atom stereocenters. The number of fused-ring (bicyclic) bond motifs is 1. The van der Waals surface area contributed by atoms with Crippen LogP contribution in [0.5, 0.6) is 0 Å². The average Bonchev–Trinajstić information content (AvgIpc) is 3.08. The number of aromatic nitrogens is 1. The van der Waals surface area contributed by atoms with Crippen molar-refractivity contribution in [2.75, 3.05) is 19.4 Å². The van der Waals surface area contributed by atoms with E-state index in [4.69, 9.17) is 0 Å². The highest BCUT2D eigenvalue weighted by Gasteiger charge is 2.33. The Labute approximate surface area is 184 Å². The molecule has 0 spiro atoms. The Morgan fingerprint density at radius 2 is 1.97 bits per heavy atom. The van der Waals surface area contributed by atoms with Crippen LogP contribution >= 0.6 is 0 Å². The molecule has 2 unspecified atom stereocenters. The van der Waals surface area contributed by atoms with Crippen LogP contribution in [0.4, 0.5) is 0 Å². The quantitative estimate of drug-likeness (QED) is 0.680. The van der Waals surface area contributed by atoms with E-state index in [0.29, 0.717) is 17.0 Å². The van der Waals surface area contributed by atoms with Crippen LogP contribution in [0.25, 0.3) is 0 Å². The van der Waals surface area contributed by atoms with Gasteiger partial charge in [-0.1, -0.05) is 32.9 Å². The second kappa shape index (κ2) is 8.68. The molecule has 1 aliphatic heterocycles. The molecule has 3 rings (SSSR count). The molecule has 0 aliphatic carbocycles. The predicted molar refractivity (Wildman–Crippen MR) is 119 cm³/mol. The van der Waals surface area contributed by atoms with Gasteiger partial charge in [0.05, 0.1) is 40.1 Å². The monoisotopic (exact) mass is 445 g/mol. The predicted octanol–water partition coefficient (Wildman–Crippen LogP) is 2.66. The summed E-state index contributed by atoms with van der Waals surface area (Å²) >= 11 is 0. The number of amides is 1. The molecule has 2 N–H and O–H groups in total. The van der Waals surface area contributed by atoms with E-state index in [2.05, 4.69) is 36.1 Å². The van der Waals surface area contributed by atoms with E-state index in [1.165, 1.54) is 12.1 Å². The molecule has 0 fully saturated rings. The molecule has 1 amide bonds. The molecule has 0 saturated heterocycles. The lowest BCUT2D eigenvalue weighted by molar-refractivity contribution is 0.0849. The van der Waals surface area contributed by atoms with Crippen molar-refractivity contribution in [1.29, 1.82) is 0 Å². The molecule has 2 aromatic rings. The smallest absolute Gasteiger partial charge is 0.253 e. The van der Waals surface area contributed by atoms with Crippen molar-refractivity contribution in [2.24, 2.45) is 5.92 Å². The third kappa shape index (κ3) is 4.51. The van der Waals surface area contributed by atoms with Gasteiger partial charge in [-0.3, -0.25) is 14.7 Å². The molecular formula is C23H31N3O4S. The largest absolute Gasteiger partial charge is 0.394 e. The number of sulfone groups is 1. The number of aliphatic hydroxyl groups is 1. The van der Waals surface area contributed by atoms with Crippen LogP contribution < -0.4 is 5.32 Å².